The Morgan fingerprint density at radius 2 is 2.25 bits per heavy atom. The van der Waals surface area contributed by atoms with E-state index in [1.165, 1.54) is 5.56 Å². The number of benzene rings is 1. The maximum Gasteiger partial charge on any atom is 0.260 e. The maximum absolute atomic E-state index is 12.3. The average molecular weight is 276 g/mol. The molecule has 0 bridgehead atoms. The summed E-state index contributed by atoms with van der Waals surface area (Å²) < 4.78 is 5.68. The van der Waals surface area contributed by atoms with Crippen LogP contribution in [0.25, 0.3) is 0 Å². The molecule has 0 radical (unpaired) electrons. The second-order valence-electron chi connectivity index (χ2n) is 5.50. The van der Waals surface area contributed by atoms with Crippen LogP contribution in [-0.4, -0.2) is 43.6 Å². The van der Waals surface area contributed by atoms with Crippen LogP contribution in [0, 0.1) is 13.8 Å². The minimum absolute atomic E-state index is 0.0859. The van der Waals surface area contributed by atoms with E-state index in [9.17, 15) is 4.79 Å². The summed E-state index contributed by atoms with van der Waals surface area (Å²) in [5.41, 5.74) is 2.28. The zero-order valence-corrected chi connectivity index (χ0v) is 12.6. The van der Waals surface area contributed by atoms with Crippen LogP contribution in [0.2, 0.25) is 0 Å². The molecule has 110 valence electrons. The van der Waals surface area contributed by atoms with Crippen LogP contribution in [0.5, 0.6) is 5.75 Å². The minimum Gasteiger partial charge on any atom is -0.484 e. The van der Waals surface area contributed by atoms with Crippen LogP contribution >= 0.6 is 0 Å². The third kappa shape index (κ3) is 3.51. The van der Waals surface area contributed by atoms with Crippen LogP contribution < -0.4 is 10.1 Å². The lowest BCUT2D eigenvalue weighted by Crippen LogP contribution is -2.43. The number of amides is 1. The highest BCUT2D eigenvalue weighted by molar-refractivity contribution is 5.78. The van der Waals surface area contributed by atoms with Crippen molar-refractivity contribution in [3.8, 4) is 5.75 Å². The number of rotatable bonds is 5. The summed E-state index contributed by atoms with van der Waals surface area (Å²) in [5, 5.41) is 3.15. The van der Waals surface area contributed by atoms with Gasteiger partial charge in [0.25, 0.3) is 5.91 Å². The molecule has 1 N–H and O–H groups in total. The van der Waals surface area contributed by atoms with Gasteiger partial charge in [0.2, 0.25) is 0 Å². The average Bonchev–Trinajstić information content (AvgIpc) is 2.86. The van der Waals surface area contributed by atoms with E-state index < -0.39 is 0 Å². The molecule has 1 aliphatic rings. The number of nitrogens with zero attached hydrogens (tertiary/aromatic N) is 1. The molecule has 1 aromatic carbocycles. The smallest absolute Gasteiger partial charge is 0.260 e. The number of hydrogen-bond acceptors (Lipinski definition) is 3. The molecule has 4 nitrogen and oxygen atoms in total. The molecular formula is C16H24N2O2. The fraction of sp³-hybridized carbons (Fsp3) is 0.562. The first-order chi connectivity index (χ1) is 9.61. The molecule has 0 saturated carbocycles. The summed E-state index contributed by atoms with van der Waals surface area (Å²) in [4.78, 5) is 14.2. The first-order valence-electron chi connectivity index (χ1n) is 7.26. The number of hydrogen-bond donors (Lipinski definition) is 1. The fourth-order valence-corrected chi connectivity index (χ4v) is 2.80. The van der Waals surface area contributed by atoms with Crippen molar-refractivity contribution in [2.75, 3.05) is 26.7 Å². The van der Waals surface area contributed by atoms with Gasteiger partial charge in [-0.3, -0.25) is 4.79 Å². The summed E-state index contributed by atoms with van der Waals surface area (Å²) in [7, 11) is 1.92. The highest BCUT2D eigenvalue weighted by Gasteiger charge is 2.28. The SMILES string of the molecule is CNCC1CCCN1C(=O)COc1ccc(C)cc1C. The molecule has 1 aliphatic heterocycles. The van der Waals surface area contributed by atoms with Gasteiger partial charge >= 0.3 is 0 Å². The standard InChI is InChI=1S/C16H24N2O2/c1-12-6-7-15(13(2)9-12)20-11-16(19)18-8-4-5-14(18)10-17-3/h6-7,9,14,17H,4-5,8,10-11H2,1-3H3. The number of ether oxygens (including phenoxy) is 1. The van der Waals surface area contributed by atoms with Gasteiger partial charge in [-0.15, -0.1) is 0 Å². The number of carbonyl (C=O) groups is 1. The fourth-order valence-electron chi connectivity index (χ4n) is 2.80. The molecule has 1 fully saturated rings. The number of carbonyl (C=O) groups excluding carboxylic acids is 1. The predicted molar refractivity (Wildman–Crippen MR) is 80.1 cm³/mol. The number of likely N-dealkylation sites (N-methyl/N-ethyl adjacent to an activating group) is 1. The van der Waals surface area contributed by atoms with Gasteiger partial charge in [0.05, 0.1) is 0 Å². The Hall–Kier alpha value is -1.55. The second-order valence-corrected chi connectivity index (χ2v) is 5.50. The summed E-state index contributed by atoms with van der Waals surface area (Å²) in [6.45, 7) is 5.89. The molecule has 0 aromatic heterocycles. The molecule has 0 aliphatic carbocycles. The lowest BCUT2D eigenvalue weighted by atomic mass is 10.1. The lowest BCUT2D eigenvalue weighted by molar-refractivity contribution is -0.134. The quantitative estimate of drug-likeness (QED) is 0.893. The molecule has 1 saturated heterocycles. The van der Waals surface area contributed by atoms with E-state index in [4.69, 9.17) is 4.74 Å². The van der Waals surface area contributed by atoms with E-state index in [0.29, 0.717) is 6.04 Å². The van der Waals surface area contributed by atoms with E-state index >= 15 is 0 Å². The summed E-state index contributed by atoms with van der Waals surface area (Å²) >= 11 is 0. The van der Waals surface area contributed by atoms with Gasteiger partial charge in [-0.25, -0.2) is 0 Å². The van der Waals surface area contributed by atoms with Crippen molar-refractivity contribution in [3.63, 3.8) is 0 Å². The van der Waals surface area contributed by atoms with Gasteiger partial charge in [-0.05, 0) is 45.4 Å². The van der Waals surface area contributed by atoms with Crippen LogP contribution in [0.15, 0.2) is 18.2 Å². The van der Waals surface area contributed by atoms with E-state index in [1.54, 1.807) is 0 Å². The summed E-state index contributed by atoms with van der Waals surface area (Å²) in [6.07, 6.45) is 2.16. The molecule has 1 aromatic rings. The van der Waals surface area contributed by atoms with Crippen molar-refractivity contribution < 1.29 is 9.53 Å². The summed E-state index contributed by atoms with van der Waals surface area (Å²) in [6, 6.07) is 6.33. The molecule has 0 spiro atoms. The Bertz CT molecular complexity index is 474. The molecular weight excluding hydrogens is 252 g/mol. The van der Waals surface area contributed by atoms with Crippen molar-refractivity contribution in [2.24, 2.45) is 0 Å². The van der Waals surface area contributed by atoms with Crippen molar-refractivity contribution >= 4 is 5.91 Å². The van der Waals surface area contributed by atoms with Crippen LogP contribution in [0.4, 0.5) is 0 Å². The van der Waals surface area contributed by atoms with Gasteiger partial charge in [0.15, 0.2) is 6.61 Å². The predicted octanol–water partition coefficient (Wildman–Crippen LogP) is 1.89. The Balaban J connectivity index is 1.91. The van der Waals surface area contributed by atoms with Crippen LogP contribution in [-0.2, 0) is 4.79 Å². The van der Waals surface area contributed by atoms with E-state index in [1.807, 2.05) is 31.0 Å². The monoisotopic (exact) mass is 276 g/mol. The third-order valence-electron chi connectivity index (χ3n) is 3.82. The highest BCUT2D eigenvalue weighted by Crippen LogP contribution is 2.20. The molecule has 1 atom stereocenters. The maximum atomic E-state index is 12.3. The van der Waals surface area contributed by atoms with Gasteiger partial charge in [0.1, 0.15) is 5.75 Å². The Kier molecular flexibility index (Phi) is 5.01. The van der Waals surface area contributed by atoms with Gasteiger partial charge in [-0.2, -0.15) is 0 Å². The lowest BCUT2D eigenvalue weighted by Gasteiger charge is -2.24. The van der Waals surface area contributed by atoms with Crippen LogP contribution in [0.3, 0.4) is 0 Å². The zero-order valence-electron chi connectivity index (χ0n) is 12.6. The van der Waals surface area contributed by atoms with E-state index in [2.05, 4.69) is 18.3 Å². The molecule has 2 rings (SSSR count). The first kappa shape index (κ1) is 14.9. The number of nitrogens with one attached hydrogen (secondary N) is 1. The van der Waals surface area contributed by atoms with Crippen molar-refractivity contribution in [2.45, 2.75) is 32.7 Å². The van der Waals surface area contributed by atoms with Gasteiger partial charge in [0, 0.05) is 19.1 Å². The topological polar surface area (TPSA) is 41.6 Å². The van der Waals surface area contributed by atoms with Crippen molar-refractivity contribution in [1.82, 2.24) is 10.2 Å². The van der Waals surface area contributed by atoms with Crippen LogP contribution in [0.1, 0.15) is 24.0 Å². The first-order valence-corrected chi connectivity index (χ1v) is 7.26. The highest BCUT2D eigenvalue weighted by atomic mass is 16.5. The third-order valence-corrected chi connectivity index (χ3v) is 3.82. The molecule has 1 unspecified atom stereocenters. The normalized spacial score (nSPS) is 18.4. The van der Waals surface area contributed by atoms with E-state index in [0.717, 1.165) is 37.2 Å². The minimum atomic E-state index is 0.0859. The molecule has 4 heteroatoms. The molecule has 20 heavy (non-hydrogen) atoms. The molecule has 1 amide bonds. The second kappa shape index (κ2) is 6.75. The van der Waals surface area contributed by atoms with E-state index in [-0.39, 0.29) is 12.5 Å². The Morgan fingerprint density at radius 3 is 2.95 bits per heavy atom. The number of likely N-dealkylation sites (tertiary alicyclic amines) is 1. The Labute approximate surface area is 121 Å². The van der Waals surface area contributed by atoms with Crippen molar-refractivity contribution in [1.29, 1.82) is 0 Å². The van der Waals surface area contributed by atoms with Gasteiger partial charge < -0.3 is 15.0 Å². The van der Waals surface area contributed by atoms with Gasteiger partial charge in [-0.1, -0.05) is 17.7 Å². The largest absolute Gasteiger partial charge is 0.484 e. The summed E-state index contributed by atoms with van der Waals surface area (Å²) in [5.74, 6) is 0.885. The zero-order chi connectivity index (χ0) is 14.5. The van der Waals surface area contributed by atoms with Crippen molar-refractivity contribution in [3.05, 3.63) is 29.3 Å². The number of aryl methyl sites for hydroxylation is 2. The Morgan fingerprint density at radius 1 is 1.45 bits per heavy atom. The molecule has 1 heterocycles.